The first-order valence-electron chi connectivity index (χ1n) is 11.3. The van der Waals surface area contributed by atoms with Crippen LogP contribution in [0.25, 0.3) is 10.8 Å². The molecule has 0 aliphatic heterocycles. The number of hydrogen-bond donors (Lipinski definition) is 1. The molecule has 4 rings (SSSR count). The first kappa shape index (κ1) is 20.5. The molecular weight excluding hydrogens is 370 g/mol. The van der Waals surface area contributed by atoms with Crippen LogP contribution in [0.4, 0.5) is 0 Å². The third-order valence-corrected chi connectivity index (χ3v) is 6.06. The summed E-state index contributed by atoms with van der Waals surface area (Å²) in [6.07, 6.45) is 6.86. The number of aryl methyl sites for hydroxylation is 3. The Morgan fingerprint density at radius 2 is 1.80 bits per heavy atom. The van der Waals surface area contributed by atoms with Crippen molar-refractivity contribution in [1.29, 1.82) is 0 Å². The molecule has 1 unspecified atom stereocenters. The van der Waals surface area contributed by atoms with Crippen molar-refractivity contribution in [2.24, 2.45) is 0 Å². The van der Waals surface area contributed by atoms with Crippen molar-refractivity contribution < 1.29 is 9.53 Å². The van der Waals surface area contributed by atoms with Gasteiger partial charge in [-0.05, 0) is 84.5 Å². The van der Waals surface area contributed by atoms with E-state index in [9.17, 15) is 4.79 Å². The Morgan fingerprint density at radius 1 is 1.00 bits per heavy atom. The molecule has 3 aromatic rings. The van der Waals surface area contributed by atoms with Gasteiger partial charge in [0.25, 0.3) is 5.91 Å². The highest BCUT2D eigenvalue weighted by atomic mass is 16.5. The van der Waals surface area contributed by atoms with E-state index in [-0.39, 0.29) is 5.91 Å². The van der Waals surface area contributed by atoms with Gasteiger partial charge in [-0.3, -0.25) is 4.79 Å². The summed E-state index contributed by atoms with van der Waals surface area (Å²) in [5, 5.41) is 5.64. The van der Waals surface area contributed by atoms with E-state index in [2.05, 4.69) is 59.9 Å². The number of amides is 1. The lowest BCUT2D eigenvalue weighted by Crippen LogP contribution is -2.38. The van der Waals surface area contributed by atoms with Crippen LogP contribution >= 0.6 is 0 Å². The summed E-state index contributed by atoms with van der Waals surface area (Å²) in [7, 11) is 0. The molecule has 0 radical (unpaired) electrons. The van der Waals surface area contributed by atoms with E-state index in [1.54, 1.807) is 0 Å². The van der Waals surface area contributed by atoms with Crippen molar-refractivity contribution in [1.82, 2.24) is 5.32 Å². The zero-order chi connectivity index (χ0) is 20.8. The number of nitrogens with one attached hydrogen (secondary N) is 1. The van der Waals surface area contributed by atoms with Crippen molar-refractivity contribution in [2.45, 2.75) is 58.0 Å². The second kappa shape index (κ2) is 9.80. The third kappa shape index (κ3) is 4.84. The fourth-order valence-corrected chi connectivity index (χ4v) is 4.38. The summed E-state index contributed by atoms with van der Waals surface area (Å²) in [5.74, 6) is 0.793. The Bertz CT molecular complexity index is 1010. The predicted molar refractivity (Wildman–Crippen MR) is 123 cm³/mol. The van der Waals surface area contributed by atoms with Crippen LogP contribution in [-0.2, 0) is 24.1 Å². The van der Waals surface area contributed by atoms with E-state index < -0.39 is 6.10 Å². The van der Waals surface area contributed by atoms with Crippen molar-refractivity contribution in [2.75, 3.05) is 6.54 Å². The first-order valence-corrected chi connectivity index (χ1v) is 11.3. The minimum atomic E-state index is -0.441. The molecule has 1 atom stereocenters. The summed E-state index contributed by atoms with van der Waals surface area (Å²) in [6.45, 7) is 2.66. The van der Waals surface area contributed by atoms with E-state index in [1.807, 2.05) is 13.0 Å². The van der Waals surface area contributed by atoms with Crippen LogP contribution < -0.4 is 10.1 Å². The maximum atomic E-state index is 12.7. The van der Waals surface area contributed by atoms with Crippen LogP contribution in [-0.4, -0.2) is 18.6 Å². The number of benzene rings is 3. The number of ether oxygens (including phenoxy) is 1. The van der Waals surface area contributed by atoms with Gasteiger partial charge < -0.3 is 10.1 Å². The van der Waals surface area contributed by atoms with E-state index >= 15 is 0 Å². The molecule has 1 aliphatic carbocycles. The molecule has 1 aliphatic rings. The number of hydrogen-bond acceptors (Lipinski definition) is 2. The zero-order valence-electron chi connectivity index (χ0n) is 17.8. The van der Waals surface area contributed by atoms with Gasteiger partial charge in [0.2, 0.25) is 0 Å². The molecule has 0 spiro atoms. The van der Waals surface area contributed by atoms with Gasteiger partial charge in [-0.15, -0.1) is 0 Å². The number of carbonyl (C=O) groups is 1. The van der Waals surface area contributed by atoms with Gasteiger partial charge in [-0.25, -0.2) is 0 Å². The second-order valence-corrected chi connectivity index (χ2v) is 8.19. The van der Waals surface area contributed by atoms with Crippen LogP contribution in [0.3, 0.4) is 0 Å². The van der Waals surface area contributed by atoms with Crippen LogP contribution in [0.2, 0.25) is 0 Å². The highest BCUT2D eigenvalue weighted by Crippen LogP contribution is 2.26. The van der Waals surface area contributed by atoms with Crippen molar-refractivity contribution in [3.8, 4) is 5.75 Å². The van der Waals surface area contributed by atoms with Gasteiger partial charge in [-0.1, -0.05) is 55.5 Å². The largest absolute Gasteiger partial charge is 0.481 e. The molecule has 0 saturated carbocycles. The quantitative estimate of drug-likeness (QED) is 0.497. The number of fused-ring (bicyclic) bond motifs is 2. The normalized spacial score (nSPS) is 14.2. The molecule has 0 aromatic heterocycles. The standard InChI is InChI=1S/C27H31NO2/c1-2-26(30-24-17-16-20-9-3-4-11-23(20)19-24)27(29)28-18-8-14-22-13-7-12-21-10-5-6-15-25(21)22/h5-7,10,12-13,15-17,19,26H,2-4,8-9,11,14,18H2,1H3,(H,28,29). The Labute approximate surface area is 179 Å². The summed E-state index contributed by atoms with van der Waals surface area (Å²) < 4.78 is 6.05. The maximum Gasteiger partial charge on any atom is 0.261 e. The maximum absolute atomic E-state index is 12.7. The molecular formula is C27H31NO2. The summed E-state index contributed by atoms with van der Waals surface area (Å²) in [5.41, 5.74) is 4.14. The van der Waals surface area contributed by atoms with E-state index in [1.165, 1.54) is 40.3 Å². The highest BCUT2D eigenvalue weighted by molar-refractivity contribution is 5.85. The van der Waals surface area contributed by atoms with Crippen LogP contribution in [0.15, 0.2) is 60.7 Å². The second-order valence-electron chi connectivity index (χ2n) is 8.19. The van der Waals surface area contributed by atoms with Crippen LogP contribution in [0, 0.1) is 0 Å². The van der Waals surface area contributed by atoms with Crippen LogP contribution in [0.5, 0.6) is 5.75 Å². The Morgan fingerprint density at radius 3 is 2.67 bits per heavy atom. The topological polar surface area (TPSA) is 38.3 Å². The monoisotopic (exact) mass is 401 g/mol. The predicted octanol–water partition coefficient (Wildman–Crippen LogP) is 5.63. The SMILES string of the molecule is CCC(Oc1ccc2c(c1)CCCC2)C(=O)NCCCc1cccc2ccccc12. The smallest absolute Gasteiger partial charge is 0.261 e. The van der Waals surface area contributed by atoms with E-state index in [0.717, 1.165) is 31.4 Å². The molecule has 1 amide bonds. The highest BCUT2D eigenvalue weighted by Gasteiger charge is 2.19. The van der Waals surface area contributed by atoms with Crippen LogP contribution in [0.1, 0.15) is 49.3 Å². The van der Waals surface area contributed by atoms with Gasteiger partial charge in [0.1, 0.15) is 5.75 Å². The Kier molecular flexibility index (Phi) is 6.68. The van der Waals surface area contributed by atoms with Gasteiger partial charge in [0.15, 0.2) is 6.10 Å². The number of rotatable bonds is 8. The fraction of sp³-hybridized carbons (Fsp3) is 0.370. The third-order valence-electron chi connectivity index (χ3n) is 6.06. The van der Waals surface area contributed by atoms with Gasteiger partial charge in [0.05, 0.1) is 0 Å². The molecule has 0 fully saturated rings. The average Bonchev–Trinajstić information content (AvgIpc) is 2.80. The lowest BCUT2D eigenvalue weighted by atomic mass is 9.92. The van der Waals surface area contributed by atoms with E-state index in [4.69, 9.17) is 4.74 Å². The lowest BCUT2D eigenvalue weighted by Gasteiger charge is -2.20. The van der Waals surface area contributed by atoms with Crippen molar-refractivity contribution in [3.63, 3.8) is 0 Å². The Balaban J connectivity index is 1.29. The lowest BCUT2D eigenvalue weighted by molar-refractivity contribution is -0.128. The minimum Gasteiger partial charge on any atom is -0.481 e. The zero-order valence-corrected chi connectivity index (χ0v) is 17.8. The molecule has 1 N–H and O–H groups in total. The summed E-state index contributed by atoms with van der Waals surface area (Å²) in [6, 6.07) is 21.2. The van der Waals surface area contributed by atoms with Crippen molar-refractivity contribution >= 4 is 16.7 Å². The average molecular weight is 402 g/mol. The molecule has 0 saturated heterocycles. The molecule has 3 heteroatoms. The van der Waals surface area contributed by atoms with Gasteiger partial charge in [-0.2, -0.15) is 0 Å². The number of carbonyl (C=O) groups excluding carboxylic acids is 1. The molecule has 0 heterocycles. The fourth-order valence-electron chi connectivity index (χ4n) is 4.38. The molecule has 156 valence electrons. The molecule has 3 nitrogen and oxygen atoms in total. The summed E-state index contributed by atoms with van der Waals surface area (Å²) >= 11 is 0. The van der Waals surface area contributed by atoms with Gasteiger partial charge in [0, 0.05) is 6.54 Å². The first-order chi connectivity index (χ1) is 14.7. The van der Waals surface area contributed by atoms with Gasteiger partial charge >= 0.3 is 0 Å². The Hall–Kier alpha value is -2.81. The molecule has 0 bridgehead atoms. The minimum absolute atomic E-state index is 0.0202. The van der Waals surface area contributed by atoms with E-state index in [0.29, 0.717) is 13.0 Å². The van der Waals surface area contributed by atoms with Crippen molar-refractivity contribution in [3.05, 3.63) is 77.4 Å². The molecule has 30 heavy (non-hydrogen) atoms. The summed E-state index contributed by atoms with van der Waals surface area (Å²) in [4.78, 5) is 12.7. The molecule has 3 aromatic carbocycles.